The van der Waals surface area contributed by atoms with E-state index in [4.69, 9.17) is 9.15 Å². The number of benzene rings is 6. The van der Waals surface area contributed by atoms with E-state index in [1.165, 1.54) is 21.9 Å². The summed E-state index contributed by atoms with van der Waals surface area (Å²) in [4.78, 5) is 13.6. The molecule has 1 N–H and O–H groups in total. The summed E-state index contributed by atoms with van der Waals surface area (Å²) in [5, 5.41) is 10.3. The molecule has 10 rings (SSSR count). The van der Waals surface area contributed by atoms with Gasteiger partial charge in [0.05, 0.1) is 6.20 Å². The van der Waals surface area contributed by atoms with Gasteiger partial charge in [-0.1, -0.05) is 103 Å². The van der Waals surface area contributed by atoms with Gasteiger partial charge in [0.15, 0.2) is 0 Å². The molecule has 9 aromatic rings. The Morgan fingerprint density at radius 3 is 1.98 bits per heavy atom. The van der Waals surface area contributed by atoms with Crippen LogP contribution in [0.15, 0.2) is 175 Å². The van der Waals surface area contributed by atoms with Crippen molar-refractivity contribution in [2.75, 3.05) is 0 Å². The number of aromatic nitrogens is 3. The molecule has 0 aliphatic carbocycles. The van der Waals surface area contributed by atoms with E-state index in [1.807, 2.05) is 12.4 Å². The first-order chi connectivity index (χ1) is 25.8. The van der Waals surface area contributed by atoms with Crippen molar-refractivity contribution < 1.29 is 9.15 Å². The number of fused-ring (bicyclic) bond motifs is 3. The van der Waals surface area contributed by atoms with Crippen LogP contribution < -0.4 is 5.32 Å². The zero-order chi connectivity index (χ0) is 34.4. The predicted octanol–water partition coefficient (Wildman–Crippen LogP) is 11.3. The van der Waals surface area contributed by atoms with Crippen LogP contribution in [0.5, 0.6) is 0 Å². The van der Waals surface area contributed by atoms with E-state index in [0.717, 1.165) is 60.6 Å². The first-order valence-electron chi connectivity index (χ1n) is 17.2. The van der Waals surface area contributed by atoms with Gasteiger partial charge in [-0.2, -0.15) is 0 Å². The minimum absolute atomic E-state index is 0.335. The Morgan fingerprint density at radius 2 is 1.19 bits per heavy atom. The van der Waals surface area contributed by atoms with Crippen LogP contribution in [0.1, 0.15) is 11.9 Å². The van der Waals surface area contributed by atoms with Crippen molar-refractivity contribution in [1.82, 2.24) is 20.3 Å². The van der Waals surface area contributed by atoms with Gasteiger partial charge in [0.25, 0.3) is 0 Å². The molecule has 0 amide bonds. The summed E-state index contributed by atoms with van der Waals surface area (Å²) in [5.41, 5.74) is 10.6. The molecule has 0 saturated heterocycles. The summed E-state index contributed by atoms with van der Waals surface area (Å²) in [6.07, 6.45) is 10.0. The highest BCUT2D eigenvalue weighted by Gasteiger charge is 2.21. The molecule has 0 saturated carbocycles. The fourth-order valence-corrected chi connectivity index (χ4v) is 7.54. The Labute approximate surface area is 299 Å². The molecule has 6 nitrogen and oxygen atoms in total. The van der Waals surface area contributed by atoms with Crippen molar-refractivity contribution in [1.29, 1.82) is 0 Å². The summed E-state index contributed by atoms with van der Waals surface area (Å²) in [6, 6.07) is 47.7. The molecule has 246 valence electrons. The lowest BCUT2D eigenvalue weighted by Crippen LogP contribution is -2.12. The highest BCUT2D eigenvalue weighted by atomic mass is 16.5. The number of ether oxygens (including phenoxy) is 1. The lowest BCUT2D eigenvalue weighted by Gasteiger charge is -2.19. The zero-order valence-corrected chi connectivity index (χ0v) is 27.9. The third-order valence-electron chi connectivity index (χ3n) is 9.91. The fraction of sp³-hybridized carbons (Fsp3) is 0.0217. The number of oxazole rings is 1. The number of nitrogens with one attached hydrogen (secondary N) is 1. The van der Waals surface area contributed by atoms with Crippen LogP contribution in [0.2, 0.25) is 0 Å². The normalized spacial score (nSPS) is 13.8. The summed E-state index contributed by atoms with van der Waals surface area (Å²) in [6.45, 7) is 0. The average Bonchev–Trinajstić information content (AvgIpc) is 3.96. The van der Waals surface area contributed by atoms with Gasteiger partial charge >= 0.3 is 0 Å². The van der Waals surface area contributed by atoms with E-state index < -0.39 is 0 Å². The second kappa shape index (κ2) is 12.4. The van der Waals surface area contributed by atoms with Crippen molar-refractivity contribution in [3.63, 3.8) is 0 Å². The molecule has 4 heterocycles. The number of hydrogen-bond acceptors (Lipinski definition) is 6. The number of nitrogens with zero attached hydrogens (tertiary/aromatic N) is 3. The molecular formula is C46H30N4O2. The Bertz CT molecular complexity index is 2790. The monoisotopic (exact) mass is 670 g/mol. The van der Waals surface area contributed by atoms with E-state index in [0.29, 0.717) is 11.6 Å². The van der Waals surface area contributed by atoms with Gasteiger partial charge in [0, 0.05) is 18.6 Å². The maximum absolute atomic E-state index is 5.79. The minimum Gasteiger partial charge on any atom is -0.471 e. The SMILES string of the molecule is C1=COC(c2cc(-c3c4ccccc4c(-c4ccnc(-c5ncco5)c4)c4ccc(-c5ccc(-c6cccc7ccccc67)cc5)cc34)ccn2)N1. The Kier molecular flexibility index (Phi) is 7.10. The summed E-state index contributed by atoms with van der Waals surface area (Å²) >= 11 is 0. The molecule has 6 aromatic carbocycles. The maximum atomic E-state index is 5.79. The van der Waals surface area contributed by atoms with Crippen LogP contribution in [0.3, 0.4) is 0 Å². The number of hydrogen-bond donors (Lipinski definition) is 1. The summed E-state index contributed by atoms with van der Waals surface area (Å²) < 4.78 is 11.4. The maximum Gasteiger partial charge on any atom is 0.245 e. The highest BCUT2D eigenvalue weighted by molar-refractivity contribution is 6.22. The molecule has 0 spiro atoms. The summed E-state index contributed by atoms with van der Waals surface area (Å²) in [7, 11) is 0. The van der Waals surface area contributed by atoms with E-state index in [2.05, 4.69) is 154 Å². The molecule has 52 heavy (non-hydrogen) atoms. The minimum atomic E-state index is -0.335. The molecule has 0 bridgehead atoms. The molecule has 1 aliphatic heterocycles. The molecule has 1 atom stereocenters. The standard InChI is InChI=1S/C46H30N4O2/c1-2-8-35-30(6-1)7-5-11-36(35)31-14-12-29(13-15-31)32-16-17-39-40(26-32)44(34-19-21-48-42(28-34)46-50-23-25-52-46)38-10-4-3-9-37(38)43(39)33-18-20-47-41(27-33)45-49-22-24-51-45/h1-28,46,50H. The van der Waals surface area contributed by atoms with Crippen LogP contribution in [0, 0.1) is 0 Å². The van der Waals surface area contributed by atoms with Crippen molar-refractivity contribution >= 4 is 32.3 Å². The van der Waals surface area contributed by atoms with Crippen LogP contribution in [0.25, 0.3) is 88.4 Å². The van der Waals surface area contributed by atoms with Crippen molar-refractivity contribution in [3.05, 3.63) is 176 Å². The molecule has 0 fully saturated rings. The predicted molar refractivity (Wildman–Crippen MR) is 208 cm³/mol. The average molecular weight is 671 g/mol. The molecular weight excluding hydrogens is 641 g/mol. The second-order valence-electron chi connectivity index (χ2n) is 12.9. The zero-order valence-electron chi connectivity index (χ0n) is 27.9. The van der Waals surface area contributed by atoms with Crippen molar-refractivity contribution in [3.8, 4) is 56.1 Å². The number of pyridine rings is 2. The van der Waals surface area contributed by atoms with E-state index >= 15 is 0 Å². The Balaban J connectivity index is 1.19. The van der Waals surface area contributed by atoms with Gasteiger partial charge in [0.1, 0.15) is 23.9 Å². The summed E-state index contributed by atoms with van der Waals surface area (Å²) in [5.74, 6) is 0.489. The molecule has 1 unspecified atom stereocenters. The van der Waals surface area contributed by atoms with Gasteiger partial charge in [-0.05, 0) is 107 Å². The Hall–Kier alpha value is -7.05. The topological polar surface area (TPSA) is 73.1 Å². The largest absolute Gasteiger partial charge is 0.471 e. The van der Waals surface area contributed by atoms with Crippen LogP contribution in [-0.2, 0) is 4.74 Å². The quantitative estimate of drug-likeness (QED) is 0.178. The van der Waals surface area contributed by atoms with Gasteiger partial charge in [0.2, 0.25) is 12.1 Å². The van der Waals surface area contributed by atoms with Gasteiger partial charge < -0.3 is 14.5 Å². The number of rotatable bonds is 6. The molecule has 3 aromatic heterocycles. The van der Waals surface area contributed by atoms with E-state index in [9.17, 15) is 0 Å². The van der Waals surface area contributed by atoms with Gasteiger partial charge in [-0.3, -0.25) is 9.97 Å². The molecule has 6 heteroatoms. The lowest BCUT2D eigenvalue weighted by atomic mass is 9.85. The molecule has 0 radical (unpaired) electrons. The smallest absolute Gasteiger partial charge is 0.245 e. The Morgan fingerprint density at radius 1 is 0.500 bits per heavy atom. The van der Waals surface area contributed by atoms with E-state index in [1.54, 1.807) is 24.9 Å². The first kappa shape index (κ1) is 29.8. The highest BCUT2D eigenvalue weighted by Crippen LogP contribution is 2.45. The fourth-order valence-electron chi connectivity index (χ4n) is 7.54. The third kappa shape index (κ3) is 5.08. The lowest BCUT2D eigenvalue weighted by molar-refractivity contribution is 0.150. The van der Waals surface area contributed by atoms with Gasteiger partial charge in [-0.15, -0.1) is 0 Å². The van der Waals surface area contributed by atoms with Crippen LogP contribution in [0.4, 0.5) is 0 Å². The van der Waals surface area contributed by atoms with Crippen molar-refractivity contribution in [2.24, 2.45) is 0 Å². The van der Waals surface area contributed by atoms with Crippen LogP contribution >= 0.6 is 0 Å². The second-order valence-corrected chi connectivity index (χ2v) is 12.9. The van der Waals surface area contributed by atoms with Crippen molar-refractivity contribution in [2.45, 2.75) is 6.23 Å². The van der Waals surface area contributed by atoms with Gasteiger partial charge in [-0.25, -0.2) is 4.98 Å². The van der Waals surface area contributed by atoms with E-state index in [-0.39, 0.29) is 6.23 Å². The van der Waals surface area contributed by atoms with Crippen LogP contribution in [-0.4, -0.2) is 15.0 Å². The third-order valence-corrected chi connectivity index (χ3v) is 9.91. The molecule has 1 aliphatic rings. The first-order valence-corrected chi connectivity index (χ1v) is 17.2.